The van der Waals surface area contributed by atoms with Crippen LogP contribution in [0.15, 0.2) is 30.4 Å². The number of halogens is 2. The minimum absolute atomic E-state index is 0.0911. The van der Waals surface area contributed by atoms with Crippen molar-refractivity contribution in [1.82, 2.24) is 10.2 Å². The fourth-order valence-electron chi connectivity index (χ4n) is 6.32. The van der Waals surface area contributed by atoms with Gasteiger partial charge >= 0.3 is 0 Å². The lowest BCUT2D eigenvalue weighted by molar-refractivity contribution is -0.141. The summed E-state index contributed by atoms with van der Waals surface area (Å²) in [5.74, 6) is -2.36. The zero-order chi connectivity index (χ0) is 26.2. The van der Waals surface area contributed by atoms with Crippen molar-refractivity contribution in [2.75, 3.05) is 25.1 Å². The van der Waals surface area contributed by atoms with Crippen LogP contribution in [0, 0.1) is 11.8 Å². The zero-order valence-corrected chi connectivity index (χ0v) is 22.4. The van der Waals surface area contributed by atoms with Crippen LogP contribution in [0.4, 0.5) is 5.69 Å². The number of amides is 3. The number of carbonyl (C=O) groups excluding carboxylic acids is 3. The van der Waals surface area contributed by atoms with Gasteiger partial charge in [0.25, 0.3) is 0 Å². The first-order valence-electron chi connectivity index (χ1n) is 13.2. The molecule has 4 aliphatic rings. The molecule has 1 aromatic carbocycles. The highest BCUT2D eigenvalue weighted by Crippen LogP contribution is 2.55. The van der Waals surface area contributed by atoms with Gasteiger partial charge in [-0.05, 0) is 44.4 Å². The first-order valence-corrected chi connectivity index (χ1v) is 13.9. The van der Waals surface area contributed by atoms with Gasteiger partial charge in [-0.1, -0.05) is 54.6 Å². The number of hydrogen-bond donors (Lipinski definition) is 2. The minimum Gasteiger partial charge on any atom is -0.382 e. The molecule has 5 atom stereocenters. The van der Waals surface area contributed by atoms with Crippen molar-refractivity contribution in [3.63, 3.8) is 0 Å². The van der Waals surface area contributed by atoms with E-state index < -0.39 is 29.6 Å². The number of benzene rings is 1. The van der Waals surface area contributed by atoms with Crippen LogP contribution in [0.2, 0.25) is 10.0 Å². The van der Waals surface area contributed by atoms with Crippen molar-refractivity contribution in [1.29, 1.82) is 0 Å². The van der Waals surface area contributed by atoms with E-state index in [9.17, 15) is 14.4 Å². The Bertz CT molecular complexity index is 1090. The normalized spacial score (nSPS) is 30.6. The molecule has 1 saturated carbocycles. The molecule has 2 bridgehead atoms. The number of likely N-dealkylation sites (tertiary alicyclic amines) is 1. The summed E-state index contributed by atoms with van der Waals surface area (Å²) in [5.41, 5.74) is -0.697. The Labute approximate surface area is 227 Å². The number of fused-ring (bicyclic) bond motifs is 1. The first kappa shape index (κ1) is 26.5. The van der Waals surface area contributed by atoms with E-state index in [1.54, 1.807) is 23.1 Å². The molecule has 2 N–H and O–H groups in total. The van der Waals surface area contributed by atoms with Crippen LogP contribution in [0.3, 0.4) is 0 Å². The van der Waals surface area contributed by atoms with Gasteiger partial charge in [0.1, 0.15) is 11.6 Å². The smallest absolute Gasteiger partial charge is 0.246 e. The van der Waals surface area contributed by atoms with Crippen LogP contribution in [0.5, 0.6) is 0 Å². The van der Waals surface area contributed by atoms with Gasteiger partial charge in [0.15, 0.2) is 0 Å². The molecule has 3 amide bonds. The van der Waals surface area contributed by atoms with E-state index in [1.165, 1.54) is 6.42 Å². The summed E-state index contributed by atoms with van der Waals surface area (Å²) in [7, 11) is 0. The van der Waals surface area contributed by atoms with E-state index in [4.69, 9.17) is 32.7 Å². The molecule has 0 radical (unpaired) electrons. The van der Waals surface area contributed by atoms with E-state index >= 15 is 0 Å². The largest absolute Gasteiger partial charge is 0.382 e. The molecular weight excluding hydrogens is 517 g/mol. The molecule has 0 unspecified atom stereocenters. The number of nitrogens with one attached hydrogen (secondary N) is 2. The maximum Gasteiger partial charge on any atom is 0.246 e. The molecule has 200 valence electrons. The number of hydrogen-bond acceptors (Lipinski definition) is 5. The van der Waals surface area contributed by atoms with Crippen LogP contribution in [-0.4, -0.2) is 66.2 Å². The third-order valence-corrected chi connectivity index (χ3v) is 8.69. The number of rotatable bonds is 9. The lowest BCUT2D eigenvalue weighted by atomic mass is 9.74. The third-order valence-electron chi connectivity index (χ3n) is 7.96. The summed E-state index contributed by atoms with van der Waals surface area (Å²) in [4.78, 5) is 42.7. The van der Waals surface area contributed by atoms with E-state index in [2.05, 4.69) is 10.6 Å². The molecule has 10 heteroatoms. The summed E-state index contributed by atoms with van der Waals surface area (Å²) >= 11 is 12.1. The summed E-state index contributed by atoms with van der Waals surface area (Å²) < 4.78 is 11.9. The second-order valence-corrected chi connectivity index (χ2v) is 11.1. The summed E-state index contributed by atoms with van der Waals surface area (Å²) in [6.45, 7) is 3.33. The van der Waals surface area contributed by atoms with Crippen molar-refractivity contribution in [2.45, 2.75) is 69.2 Å². The van der Waals surface area contributed by atoms with Crippen LogP contribution in [0.25, 0.3) is 0 Å². The van der Waals surface area contributed by atoms with E-state index in [1.807, 2.05) is 19.1 Å². The second-order valence-electron chi connectivity index (χ2n) is 10.2. The van der Waals surface area contributed by atoms with Crippen LogP contribution in [0.1, 0.15) is 45.4 Å². The predicted molar refractivity (Wildman–Crippen MR) is 140 cm³/mol. The van der Waals surface area contributed by atoms with E-state index in [-0.39, 0.29) is 23.8 Å². The van der Waals surface area contributed by atoms with E-state index in [0.717, 1.165) is 25.7 Å². The topological polar surface area (TPSA) is 97.0 Å². The Hall–Kier alpha value is -2.13. The highest BCUT2D eigenvalue weighted by Gasteiger charge is 2.72. The number of carbonyl (C=O) groups is 3. The van der Waals surface area contributed by atoms with Crippen molar-refractivity contribution in [2.24, 2.45) is 11.8 Å². The molecule has 3 aliphatic heterocycles. The Morgan fingerprint density at radius 3 is 2.68 bits per heavy atom. The summed E-state index contributed by atoms with van der Waals surface area (Å²) in [5, 5.41) is 6.75. The lowest BCUT2D eigenvalue weighted by Gasteiger charge is -2.34. The molecular formula is C27H33Cl2N3O5. The molecule has 2 saturated heterocycles. The monoisotopic (exact) mass is 549 g/mol. The van der Waals surface area contributed by atoms with Crippen LogP contribution < -0.4 is 10.6 Å². The zero-order valence-electron chi connectivity index (χ0n) is 20.9. The van der Waals surface area contributed by atoms with Crippen LogP contribution >= 0.6 is 23.2 Å². The molecule has 3 fully saturated rings. The Balaban J connectivity index is 1.40. The molecule has 5 rings (SSSR count). The quantitative estimate of drug-likeness (QED) is 0.359. The third kappa shape index (κ3) is 4.89. The fraction of sp³-hybridized carbons (Fsp3) is 0.593. The van der Waals surface area contributed by atoms with Gasteiger partial charge in [0.2, 0.25) is 17.7 Å². The average molecular weight is 550 g/mol. The Morgan fingerprint density at radius 2 is 1.95 bits per heavy atom. The van der Waals surface area contributed by atoms with Crippen molar-refractivity contribution < 1.29 is 23.9 Å². The van der Waals surface area contributed by atoms with Gasteiger partial charge in [0.05, 0.1) is 28.0 Å². The SMILES string of the molecule is CCOCCCN1C(=O)[C@H]2[C@H](C(=O)Nc3ccc(Cl)c(Cl)c3)[C@H]3C=C[C@@]2(O3)[C@@H]1C(=O)NC1CCCCC1. The van der Waals surface area contributed by atoms with Gasteiger partial charge in [-0.3, -0.25) is 14.4 Å². The molecule has 1 aliphatic carbocycles. The highest BCUT2D eigenvalue weighted by atomic mass is 35.5. The average Bonchev–Trinajstić information content (AvgIpc) is 3.52. The molecule has 1 spiro atoms. The first-order chi connectivity index (χ1) is 17.9. The standard InChI is InChI=1S/C27H33Cl2N3O5/c1-2-36-14-6-13-32-23(25(34)30-16-7-4-3-5-8-16)27-12-11-20(37-27)21(22(27)26(32)35)24(33)31-17-9-10-18(28)19(29)15-17/h9-12,15-16,20-23H,2-8,13-14H2,1H3,(H,30,34)(H,31,33)/t20-,21-,22-,23+,27+/m1/s1. The molecule has 37 heavy (non-hydrogen) atoms. The summed E-state index contributed by atoms with van der Waals surface area (Å²) in [6, 6.07) is 4.08. The molecule has 3 heterocycles. The molecule has 8 nitrogen and oxygen atoms in total. The van der Waals surface area contributed by atoms with Crippen molar-refractivity contribution in [3.8, 4) is 0 Å². The predicted octanol–water partition coefficient (Wildman–Crippen LogP) is 3.96. The van der Waals surface area contributed by atoms with Gasteiger partial charge in [-0.2, -0.15) is 0 Å². The summed E-state index contributed by atoms with van der Waals surface area (Å²) in [6.07, 6.45) is 8.83. The minimum atomic E-state index is -1.17. The Kier molecular flexibility index (Phi) is 7.82. The highest BCUT2D eigenvalue weighted by molar-refractivity contribution is 6.42. The van der Waals surface area contributed by atoms with Gasteiger partial charge < -0.3 is 25.0 Å². The fourth-order valence-corrected chi connectivity index (χ4v) is 6.61. The maximum atomic E-state index is 13.9. The number of anilines is 1. The van der Waals surface area contributed by atoms with Gasteiger partial charge in [0, 0.05) is 31.5 Å². The maximum absolute atomic E-state index is 13.9. The van der Waals surface area contributed by atoms with E-state index in [0.29, 0.717) is 41.9 Å². The van der Waals surface area contributed by atoms with Crippen molar-refractivity contribution in [3.05, 3.63) is 40.4 Å². The number of ether oxygens (including phenoxy) is 2. The number of nitrogens with zero attached hydrogens (tertiary/aromatic N) is 1. The lowest BCUT2D eigenvalue weighted by Crippen LogP contribution is -2.56. The van der Waals surface area contributed by atoms with Crippen molar-refractivity contribution >= 4 is 46.6 Å². The van der Waals surface area contributed by atoms with Crippen LogP contribution in [-0.2, 0) is 23.9 Å². The molecule has 0 aromatic heterocycles. The Morgan fingerprint density at radius 1 is 1.16 bits per heavy atom. The second kappa shape index (κ2) is 10.9. The van der Waals surface area contributed by atoms with Gasteiger partial charge in [-0.15, -0.1) is 0 Å². The van der Waals surface area contributed by atoms with Gasteiger partial charge in [-0.25, -0.2) is 0 Å². The molecule has 1 aromatic rings.